The zero-order chi connectivity index (χ0) is 19.3. The molecule has 0 radical (unpaired) electrons. The Morgan fingerprint density at radius 3 is 2.18 bits per heavy atom. The van der Waals surface area contributed by atoms with Crippen molar-refractivity contribution in [2.24, 2.45) is 0 Å². The van der Waals surface area contributed by atoms with Crippen molar-refractivity contribution in [3.05, 3.63) is 60.5 Å². The fraction of sp³-hybridized carbons (Fsp3) is 0.150. The number of H-pyrrole nitrogens is 1. The molecule has 2 heterocycles. The molecule has 142 valence electrons. The quantitative estimate of drug-likeness (QED) is 0.464. The molecule has 8 heteroatoms. The van der Waals surface area contributed by atoms with E-state index in [0.717, 1.165) is 28.3 Å². The fourth-order valence-corrected chi connectivity index (χ4v) is 3.24. The molecule has 0 spiro atoms. The second-order valence-electron chi connectivity index (χ2n) is 5.86. The van der Waals surface area contributed by atoms with E-state index in [4.69, 9.17) is 13.9 Å². The molecule has 4 rings (SSSR count). The van der Waals surface area contributed by atoms with E-state index in [2.05, 4.69) is 20.2 Å². The molecule has 0 aliphatic rings. The van der Waals surface area contributed by atoms with Crippen LogP contribution < -0.4 is 9.47 Å². The number of benzene rings is 2. The Morgan fingerprint density at radius 2 is 1.54 bits per heavy atom. The first-order valence-electron chi connectivity index (χ1n) is 8.53. The summed E-state index contributed by atoms with van der Waals surface area (Å²) in [5.41, 5.74) is 2.67. The van der Waals surface area contributed by atoms with Gasteiger partial charge in [-0.15, -0.1) is 5.10 Å². The predicted octanol–water partition coefficient (Wildman–Crippen LogP) is 4.44. The van der Waals surface area contributed by atoms with Crippen LogP contribution >= 0.6 is 11.8 Å². The van der Waals surface area contributed by atoms with Crippen LogP contribution in [0.4, 0.5) is 0 Å². The average molecular weight is 394 g/mol. The van der Waals surface area contributed by atoms with E-state index in [9.17, 15) is 0 Å². The first-order chi connectivity index (χ1) is 13.7. The van der Waals surface area contributed by atoms with Gasteiger partial charge in [0, 0.05) is 16.9 Å². The SMILES string of the molecule is COc1ccc(-c2nc(SCc3coc(-c4ccc(OC)cc4)n3)n[nH]2)cc1. The largest absolute Gasteiger partial charge is 0.497 e. The van der Waals surface area contributed by atoms with Crippen LogP contribution in [0.2, 0.25) is 0 Å². The van der Waals surface area contributed by atoms with Crippen molar-refractivity contribution in [3.8, 4) is 34.3 Å². The lowest BCUT2D eigenvalue weighted by molar-refractivity contribution is 0.414. The monoisotopic (exact) mass is 394 g/mol. The number of aromatic nitrogens is 4. The van der Waals surface area contributed by atoms with Gasteiger partial charge < -0.3 is 13.9 Å². The molecule has 0 saturated heterocycles. The maximum Gasteiger partial charge on any atom is 0.226 e. The van der Waals surface area contributed by atoms with Crippen LogP contribution in [0.1, 0.15) is 5.69 Å². The summed E-state index contributed by atoms with van der Waals surface area (Å²) in [4.78, 5) is 9.05. The first kappa shape index (κ1) is 18.1. The van der Waals surface area contributed by atoms with Gasteiger partial charge >= 0.3 is 0 Å². The lowest BCUT2D eigenvalue weighted by atomic mass is 10.2. The van der Waals surface area contributed by atoms with Crippen molar-refractivity contribution in [3.63, 3.8) is 0 Å². The van der Waals surface area contributed by atoms with E-state index in [-0.39, 0.29) is 0 Å². The lowest BCUT2D eigenvalue weighted by Gasteiger charge is -1.99. The van der Waals surface area contributed by atoms with Gasteiger partial charge in [-0.2, -0.15) is 0 Å². The molecule has 0 unspecified atom stereocenters. The van der Waals surface area contributed by atoms with Gasteiger partial charge in [0.15, 0.2) is 5.82 Å². The van der Waals surface area contributed by atoms with Gasteiger partial charge in [0.2, 0.25) is 11.0 Å². The molecule has 28 heavy (non-hydrogen) atoms. The maximum absolute atomic E-state index is 5.58. The van der Waals surface area contributed by atoms with Gasteiger partial charge in [0.1, 0.15) is 17.8 Å². The molecule has 1 N–H and O–H groups in total. The molecule has 2 aromatic heterocycles. The zero-order valence-electron chi connectivity index (χ0n) is 15.4. The summed E-state index contributed by atoms with van der Waals surface area (Å²) < 4.78 is 15.9. The number of nitrogens with zero attached hydrogens (tertiary/aromatic N) is 3. The summed E-state index contributed by atoms with van der Waals surface area (Å²) in [5.74, 6) is 3.50. The highest BCUT2D eigenvalue weighted by Gasteiger charge is 2.10. The third kappa shape index (κ3) is 4.01. The third-order valence-corrected chi connectivity index (χ3v) is 4.95. The van der Waals surface area contributed by atoms with Gasteiger partial charge in [-0.25, -0.2) is 9.97 Å². The van der Waals surface area contributed by atoms with Crippen molar-refractivity contribution < 1.29 is 13.9 Å². The molecule has 7 nitrogen and oxygen atoms in total. The Bertz CT molecular complexity index is 956. The molecule has 0 aliphatic heterocycles. The molecule has 0 bridgehead atoms. The maximum atomic E-state index is 5.58. The Balaban J connectivity index is 1.39. The zero-order valence-corrected chi connectivity index (χ0v) is 16.2. The summed E-state index contributed by atoms with van der Waals surface area (Å²) in [6.07, 6.45) is 1.66. The predicted molar refractivity (Wildman–Crippen MR) is 106 cm³/mol. The molecular formula is C20H18N4O3S. The molecule has 0 atom stereocenters. The summed E-state index contributed by atoms with van der Waals surface area (Å²) in [7, 11) is 3.28. The van der Waals surface area contributed by atoms with Gasteiger partial charge in [-0.05, 0) is 48.5 Å². The van der Waals surface area contributed by atoms with Gasteiger partial charge in [0.25, 0.3) is 0 Å². The molecule has 0 fully saturated rings. The van der Waals surface area contributed by atoms with Crippen LogP contribution in [0.25, 0.3) is 22.8 Å². The summed E-state index contributed by atoms with van der Waals surface area (Å²) in [6.45, 7) is 0. The van der Waals surface area contributed by atoms with Gasteiger partial charge in [-0.3, -0.25) is 5.10 Å². The number of nitrogens with one attached hydrogen (secondary N) is 1. The Hall–Kier alpha value is -3.26. The lowest BCUT2D eigenvalue weighted by Crippen LogP contribution is -1.85. The highest BCUT2D eigenvalue weighted by molar-refractivity contribution is 7.98. The van der Waals surface area contributed by atoms with Crippen molar-refractivity contribution in [2.45, 2.75) is 10.9 Å². The van der Waals surface area contributed by atoms with Crippen molar-refractivity contribution >= 4 is 11.8 Å². The molecule has 0 aliphatic carbocycles. The van der Waals surface area contributed by atoms with Crippen LogP contribution in [-0.4, -0.2) is 34.4 Å². The standard InChI is InChI=1S/C20H18N4O3S/c1-25-16-7-3-13(4-8-16)18-22-20(24-23-18)28-12-15-11-27-19(21-15)14-5-9-17(26-2)10-6-14/h3-11H,12H2,1-2H3,(H,22,23,24). The van der Waals surface area contributed by atoms with E-state index in [1.165, 1.54) is 11.8 Å². The number of hydrogen-bond donors (Lipinski definition) is 1. The number of aromatic amines is 1. The van der Waals surface area contributed by atoms with Crippen LogP contribution in [0.3, 0.4) is 0 Å². The van der Waals surface area contributed by atoms with Gasteiger partial charge in [0.05, 0.1) is 19.9 Å². The van der Waals surface area contributed by atoms with E-state index in [1.54, 1.807) is 20.5 Å². The minimum absolute atomic E-state index is 0.576. The molecule has 0 amide bonds. The number of thioether (sulfide) groups is 1. The van der Waals surface area contributed by atoms with Crippen LogP contribution in [-0.2, 0) is 5.75 Å². The summed E-state index contributed by atoms with van der Waals surface area (Å²) >= 11 is 1.49. The molecule has 4 aromatic rings. The molecule has 0 saturated carbocycles. The minimum Gasteiger partial charge on any atom is -0.497 e. The Morgan fingerprint density at radius 1 is 0.893 bits per heavy atom. The number of hydrogen-bond acceptors (Lipinski definition) is 7. The summed E-state index contributed by atoms with van der Waals surface area (Å²) in [6, 6.07) is 15.2. The average Bonchev–Trinajstić information content (AvgIpc) is 3.42. The fourth-order valence-electron chi connectivity index (χ4n) is 2.57. The number of ether oxygens (including phenoxy) is 2. The molecule has 2 aromatic carbocycles. The summed E-state index contributed by atoms with van der Waals surface area (Å²) in [5, 5.41) is 7.87. The first-order valence-corrected chi connectivity index (χ1v) is 9.52. The number of methoxy groups -OCH3 is 2. The van der Waals surface area contributed by atoms with Gasteiger partial charge in [-0.1, -0.05) is 11.8 Å². The topological polar surface area (TPSA) is 86.1 Å². The normalized spacial score (nSPS) is 10.8. The third-order valence-electron chi connectivity index (χ3n) is 4.07. The van der Waals surface area contributed by atoms with Crippen molar-refractivity contribution in [1.82, 2.24) is 20.2 Å². The smallest absolute Gasteiger partial charge is 0.226 e. The Kier molecular flexibility index (Phi) is 5.29. The molecular weight excluding hydrogens is 376 g/mol. The van der Waals surface area contributed by atoms with Crippen LogP contribution in [0.15, 0.2) is 64.4 Å². The highest BCUT2D eigenvalue weighted by Crippen LogP contribution is 2.26. The van der Waals surface area contributed by atoms with E-state index >= 15 is 0 Å². The van der Waals surface area contributed by atoms with Crippen molar-refractivity contribution in [1.29, 1.82) is 0 Å². The minimum atomic E-state index is 0.576. The van der Waals surface area contributed by atoms with E-state index in [0.29, 0.717) is 22.6 Å². The Labute approximate surface area is 166 Å². The van der Waals surface area contributed by atoms with E-state index in [1.807, 2.05) is 48.5 Å². The second-order valence-corrected chi connectivity index (χ2v) is 6.80. The van der Waals surface area contributed by atoms with Crippen LogP contribution in [0.5, 0.6) is 11.5 Å². The van der Waals surface area contributed by atoms with E-state index < -0.39 is 0 Å². The van der Waals surface area contributed by atoms with Crippen LogP contribution in [0, 0.1) is 0 Å². The number of oxazole rings is 1. The van der Waals surface area contributed by atoms with Crippen molar-refractivity contribution in [2.75, 3.05) is 14.2 Å². The number of rotatable bonds is 7. The highest BCUT2D eigenvalue weighted by atomic mass is 32.2. The second kappa shape index (κ2) is 8.18.